The van der Waals surface area contributed by atoms with Gasteiger partial charge in [-0.3, -0.25) is 4.79 Å². The third-order valence-electron chi connectivity index (χ3n) is 5.13. The van der Waals surface area contributed by atoms with Gasteiger partial charge in [0.2, 0.25) is 5.91 Å². The third kappa shape index (κ3) is 9.39. The summed E-state index contributed by atoms with van der Waals surface area (Å²) >= 11 is 0. The van der Waals surface area contributed by atoms with Crippen LogP contribution in [0.2, 0.25) is 0 Å². The SMILES string of the molecule is CCOC(=O)N1CCN(C(=O)[C@H](Cc2ccc(C(=O)OC(C)(C)C)cc2)NC(=O)OC(C)(C)C)CC1. The fourth-order valence-corrected chi connectivity index (χ4v) is 3.54. The van der Waals surface area contributed by atoms with Crippen molar-refractivity contribution in [3.05, 3.63) is 35.4 Å². The fraction of sp³-hybridized carbons (Fsp3) is 0.615. The van der Waals surface area contributed by atoms with Gasteiger partial charge >= 0.3 is 18.2 Å². The van der Waals surface area contributed by atoms with Crippen molar-refractivity contribution in [2.24, 2.45) is 0 Å². The van der Waals surface area contributed by atoms with Crippen molar-refractivity contribution in [3.63, 3.8) is 0 Å². The van der Waals surface area contributed by atoms with E-state index in [0.29, 0.717) is 31.7 Å². The van der Waals surface area contributed by atoms with Gasteiger partial charge in [-0.15, -0.1) is 0 Å². The minimum Gasteiger partial charge on any atom is -0.456 e. The molecule has 1 aromatic rings. The highest BCUT2D eigenvalue weighted by Crippen LogP contribution is 2.16. The minimum absolute atomic E-state index is 0.199. The molecule has 0 bridgehead atoms. The minimum atomic E-state index is -0.888. The summed E-state index contributed by atoms with van der Waals surface area (Å²) < 4.78 is 15.8. The number of nitrogens with one attached hydrogen (secondary N) is 1. The smallest absolute Gasteiger partial charge is 0.409 e. The molecule has 1 aromatic carbocycles. The Labute approximate surface area is 213 Å². The predicted octanol–water partition coefficient (Wildman–Crippen LogP) is 3.38. The number of piperazine rings is 1. The summed E-state index contributed by atoms with van der Waals surface area (Å²) in [5.74, 6) is -0.714. The molecule has 1 fully saturated rings. The maximum Gasteiger partial charge on any atom is 0.409 e. The van der Waals surface area contributed by atoms with E-state index in [-0.39, 0.29) is 18.9 Å². The second-order valence-electron chi connectivity index (χ2n) is 10.6. The number of hydrogen-bond donors (Lipinski definition) is 1. The molecule has 0 unspecified atom stereocenters. The van der Waals surface area contributed by atoms with Crippen LogP contribution in [0.4, 0.5) is 9.59 Å². The lowest BCUT2D eigenvalue weighted by molar-refractivity contribution is -0.135. The van der Waals surface area contributed by atoms with Gasteiger partial charge in [-0.2, -0.15) is 0 Å². The highest BCUT2D eigenvalue weighted by Gasteiger charge is 2.31. The van der Waals surface area contributed by atoms with Crippen molar-refractivity contribution in [1.29, 1.82) is 0 Å². The summed E-state index contributed by atoms with van der Waals surface area (Å²) in [6.45, 7) is 14.0. The van der Waals surface area contributed by atoms with E-state index in [9.17, 15) is 19.2 Å². The first-order valence-electron chi connectivity index (χ1n) is 12.2. The van der Waals surface area contributed by atoms with Crippen LogP contribution in [0.5, 0.6) is 0 Å². The van der Waals surface area contributed by atoms with Crippen LogP contribution in [0.3, 0.4) is 0 Å². The standard InChI is InChI=1S/C26H39N3O7/c1-8-34-24(33)29-15-13-28(14-16-29)21(30)20(27-23(32)36-26(5,6)7)17-18-9-11-19(12-10-18)22(31)35-25(2,3)4/h9-12,20H,8,13-17H2,1-7H3,(H,27,32)/t20-/m0/s1. The molecule has 0 spiro atoms. The number of carbonyl (C=O) groups is 4. The molecule has 1 saturated heterocycles. The van der Waals surface area contributed by atoms with Crippen LogP contribution in [0, 0.1) is 0 Å². The van der Waals surface area contributed by atoms with Crippen LogP contribution in [-0.2, 0) is 25.4 Å². The topological polar surface area (TPSA) is 114 Å². The largest absolute Gasteiger partial charge is 0.456 e. The van der Waals surface area contributed by atoms with Gasteiger partial charge in [0.05, 0.1) is 12.2 Å². The molecule has 1 aliphatic heterocycles. The summed E-state index contributed by atoms with van der Waals surface area (Å²) in [6.07, 6.45) is -0.903. The fourth-order valence-electron chi connectivity index (χ4n) is 3.54. The molecule has 1 aliphatic rings. The number of benzene rings is 1. The summed E-state index contributed by atoms with van der Waals surface area (Å²) in [5, 5.41) is 2.69. The first-order valence-corrected chi connectivity index (χ1v) is 12.2. The number of alkyl carbamates (subject to hydrolysis) is 1. The van der Waals surface area contributed by atoms with Gasteiger partial charge in [-0.1, -0.05) is 12.1 Å². The van der Waals surface area contributed by atoms with Gasteiger partial charge in [0.25, 0.3) is 0 Å². The highest BCUT2D eigenvalue weighted by molar-refractivity contribution is 5.90. The van der Waals surface area contributed by atoms with Gasteiger partial charge in [0, 0.05) is 32.6 Å². The van der Waals surface area contributed by atoms with E-state index in [1.54, 1.807) is 82.5 Å². The first-order chi connectivity index (χ1) is 16.7. The molecule has 0 aromatic heterocycles. The molecule has 10 nitrogen and oxygen atoms in total. The van der Waals surface area contributed by atoms with Gasteiger partial charge in [0.15, 0.2) is 0 Å². The van der Waals surface area contributed by atoms with Gasteiger partial charge < -0.3 is 29.3 Å². The van der Waals surface area contributed by atoms with Crippen molar-refractivity contribution < 1.29 is 33.4 Å². The van der Waals surface area contributed by atoms with E-state index in [1.807, 2.05) is 0 Å². The van der Waals surface area contributed by atoms with Crippen LogP contribution in [0.15, 0.2) is 24.3 Å². The van der Waals surface area contributed by atoms with Crippen LogP contribution < -0.4 is 5.32 Å². The predicted molar refractivity (Wildman–Crippen MR) is 134 cm³/mol. The third-order valence-corrected chi connectivity index (χ3v) is 5.13. The van der Waals surface area contributed by atoms with E-state index in [2.05, 4.69) is 5.32 Å². The average Bonchev–Trinajstić information content (AvgIpc) is 2.76. The van der Waals surface area contributed by atoms with Crippen molar-refractivity contribution in [3.8, 4) is 0 Å². The van der Waals surface area contributed by atoms with E-state index < -0.39 is 35.4 Å². The molecule has 200 valence electrons. The van der Waals surface area contributed by atoms with E-state index in [4.69, 9.17) is 14.2 Å². The Balaban J connectivity index is 2.13. The van der Waals surface area contributed by atoms with Crippen LogP contribution >= 0.6 is 0 Å². The van der Waals surface area contributed by atoms with Gasteiger partial charge in [-0.25, -0.2) is 14.4 Å². The van der Waals surface area contributed by atoms with E-state index >= 15 is 0 Å². The number of hydrogen-bond acceptors (Lipinski definition) is 7. The number of nitrogens with zero attached hydrogens (tertiary/aromatic N) is 2. The lowest BCUT2D eigenvalue weighted by Crippen LogP contribution is -2.56. The van der Waals surface area contributed by atoms with Crippen LogP contribution in [-0.4, -0.2) is 83.9 Å². The Bertz CT molecular complexity index is 924. The molecule has 1 atom stereocenters. The number of rotatable bonds is 6. The Morgan fingerprint density at radius 2 is 1.39 bits per heavy atom. The molecule has 2 rings (SSSR count). The lowest BCUT2D eigenvalue weighted by Gasteiger charge is -2.36. The molecule has 1 N–H and O–H groups in total. The number of carbonyl (C=O) groups excluding carboxylic acids is 4. The average molecular weight is 506 g/mol. The second kappa shape index (κ2) is 12.1. The zero-order chi connectivity index (χ0) is 27.1. The zero-order valence-corrected chi connectivity index (χ0v) is 22.4. The van der Waals surface area contributed by atoms with Gasteiger partial charge in [0.1, 0.15) is 17.2 Å². The summed E-state index contributed by atoms with van der Waals surface area (Å²) in [4.78, 5) is 53.3. The van der Waals surface area contributed by atoms with Crippen molar-refractivity contribution in [2.45, 2.75) is 72.1 Å². The molecule has 0 aliphatic carbocycles. The first kappa shape index (κ1) is 28.9. The van der Waals surface area contributed by atoms with Crippen molar-refractivity contribution >= 4 is 24.1 Å². The summed E-state index contributed by atoms with van der Waals surface area (Å²) in [7, 11) is 0. The Kier molecular flexibility index (Phi) is 9.72. The summed E-state index contributed by atoms with van der Waals surface area (Å²) in [6, 6.07) is 5.85. The van der Waals surface area contributed by atoms with Gasteiger partial charge in [-0.05, 0) is 66.2 Å². The molecular formula is C26H39N3O7. The molecule has 0 saturated carbocycles. The maximum absolute atomic E-state index is 13.4. The number of ether oxygens (including phenoxy) is 3. The zero-order valence-electron chi connectivity index (χ0n) is 22.4. The van der Waals surface area contributed by atoms with E-state index in [1.165, 1.54) is 0 Å². The monoisotopic (exact) mass is 505 g/mol. The lowest BCUT2D eigenvalue weighted by atomic mass is 10.0. The van der Waals surface area contributed by atoms with Crippen LogP contribution in [0.1, 0.15) is 64.4 Å². The quantitative estimate of drug-likeness (QED) is 0.466. The molecule has 0 radical (unpaired) electrons. The maximum atomic E-state index is 13.4. The number of amides is 3. The molecule has 3 amide bonds. The normalized spacial score (nSPS) is 15.1. The van der Waals surface area contributed by atoms with Crippen molar-refractivity contribution in [1.82, 2.24) is 15.1 Å². The molecule has 1 heterocycles. The molecule has 10 heteroatoms. The van der Waals surface area contributed by atoms with Crippen LogP contribution in [0.25, 0.3) is 0 Å². The van der Waals surface area contributed by atoms with Crippen molar-refractivity contribution in [2.75, 3.05) is 32.8 Å². The Morgan fingerprint density at radius 1 is 0.861 bits per heavy atom. The number of esters is 1. The Morgan fingerprint density at radius 3 is 1.89 bits per heavy atom. The molecular weight excluding hydrogens is 466 g/mol. The van der Waals surface area contributed by atoms with E-state index in [0.717, 1.165) is 5.56 Å². The second-order valence-corrected chi connectivity index (χ2v) is 10.6. The Hall–Kier alpha value is -3.30. The summed E-state index contributed by atoms with van der Waals surface area (Å²) in [5.41, 5.74) is -0.187. The molecule has 36 heavy (non-hydrogen) atoms. The highest BCUT2D eigenvalue weighted by atomic mass is 16.6.